The van der Waals surface area contributed by atoms with Gasteiger partial charge in [-0.3, -0.25) is 9.59 Å². The zero-order valence-electron chi connectivity index (χ0n) is 19.3. The number of methoxy groups -OCH3 is 1. The molecule has 27 heavy (non-hydrogen) atoms. The highest BCUT2D eigenvalue weighted by Gasteiger charge is 2.17. The van der Waals surface area contributed by atoms with Crippen LogP contribution in [0, 0.1) is 5.41 Å². The van der Waals surface area contributed by atoms with Crippen molar-refractivity contribution in [1.29, 1.82) is 0 Å². The molecule has 0 atom stereocenters. The first-order valence-electron chi connectivity index (χ1n) is 8.82. The van der Waals surface area contributed by atoms with Crippen molar-refractivity contribution in [2.24, 2.45) is 5.41 Å². The van der Waals surface area contributed by atoms with E-state index in [0.717, 1.165) is 16.7 Å². The van der Waals surface area contributed by atoms with Gasteiger partial charge in [-0.05, 0) is 47.6 Å². The van der Waals surface area contributed by atoms with Crippen LogP contribution in [0.5, 0.6) is 0 Å². The fourth-order valence-electron chi connectivity index (χ4n) is 1.15. The number of ether oxygens (including phenoxy) is 1. The smallest absolute Gasteiger partial charge is 0.330 e. The number of esters is 1. The van der Waals surface area contributed by atoms with Crippen molar-refractivity contribution in [2.75, 3.05) is 21.2 Å². The van der Waals surface area contributed by atoms with Crippen LogP contribution in [0.3, 0.4) is 0 Å². The Bertz CT molecular complexity index is 562. The van der Waals surface area contributed by atoms with Gasteiger partial charge in [-0.25, -0.2) is 4.79 Å². The van der Waals surface area contributed by atoms with E-state index < -0.39 is 0 Å². The van der Waals surface area contributed by atoms with Crippen LogP contribution in [0.25, 0.3) is 0 Å². The lowest BCUT2D eigenvalue weighted by atomic mass is 9.90. The summed E-state index contributed by atoms with van der Waals surface area (Å²) in [6.45, 7) is 17.1. The van der Waals surface area contributed by atoms with Crippen LogP contribution >= 0.6 is 0 Å². The number of nitrogens with zero attached hydrogens (tertiary/aromatic N) is 1. The van der Waals surface area contributed by atoms with Gasteiger partial charge >= 0.3 is 5.97 Å². The first-order valence-corrected chi connectivity index (χ1v) is 8.82. The first-order chi connectivity index (χ1) is 12.0. The van der Waals surface area contributed by atoms with E-state index >= 15 is 0 Å². The Morgan fingerprint density at radius 3 is 1.22 bits per heavy atom. The van der Waals surface area contributed by atoms with E-state index in [9.17, 15) is 14.4 Å². The van der Waals surface area contributed by atoms with Crippen molar-refractivity contribution in [3.8, 4) is 0 Å². The molecule has 156 valence electrons. The normalized spacial score (nSPS) is 9.19. The monoisotopic (exact) mass is 381 g/mol. The van der Waals surface area contributed by atoms with E-state index in [1.807, 2.05) is 62.3 Å². The minimum atomic E-state index is -0.287. The topological polar surface area (TPSA) is 63.7 Å². The second kappa shape index (κ2) is 14.9. The number of amides is 1. The molecule has 1 amide bonds. The predicted molar refractivity (Wildman–Crippen MR) is 113 cm³/mol. The molecule has 0 saturated carbocycles. The van der Waals surface area contributed by atoms with E-state index in [4.69, 9.17) is 0 Å². The molecular weight excluding hydrogens is 342 g/mol. The fourth-order valence-corrected chi connectivity index (χ4v) is 1.15. The minimum Gasteiger partial charge on any atom is -0.466 e. The number of carbonyl (C=O) groups is 3. The van der Waals surface area contributed by atoms with Crippen LogP contribution in [0.2, 0.25) is 0 Å². The first kappa shape index (κ1) is 29.6. The van der Waals surface area contributed by atoms with Gasteiger partial charge in [0, 0.05) is 31.7 Å². The number of carbonyl (C=O) groups excluding carboxylic acids is 3. The Hall–Kier alpha value is -2.17. The van der Waals surface area contributed by atoms with Gasteiger partial charge in [0.1, 0.15) is 0 Å². The van der Waals surface area contributed by atoms with Gasteiger partial charge in [0.05, 0.1) is 7.11 Å². The predicted octanol–water partition coefficient (Wildman–Crippen LogP) is 4.73. The van der Waals surface area contributed by atoms with Crippen LogP contribution in [0.4, 0.5) is 0 Å². The zero-order chi connectivity index (χ0) is 22.4. The number of hydrogen-bond acceptors (Lipinski definition) is 4. The highest BCUT2D eigenvalue weighted by atomic mass is 16.5. The lowest BCUT2D eigenvalue weighted by molar-refractivity contribution is -0.135. The molecule has 0 aromatic heterocycles. The lowest BCUT2D eigenvalue weighted by Crippen LogP contribution is -2.19. The second-order valence-corrected chi connectivity index (χ2v) is 8.04. The van der Waals surface area contributed by atoms with Crippen molar-refractivity contribution in [2.45, 2.75) is 62.3 Å². The van der Waals surface area contributed by atoms with Crippen molar-refractivity contribution < 1.29 is 19.1 Å². The maximum absolute atomic E-state index is 11.2. The maximum atomic E-state index is 11.2. The largest absolute Gasteiger partial charge is 0.466 e. The Morgan fingerprint density at radius 1 is 0.741 bits per heavy atom. The molecule has 0 aliphatic carbocycles. The second-order valence-electron chi connectivity index (χ2n) is 8.04. The van der Waals surface area contributed by atoms with Gasteiger partial charge in [-0.1, -0.05) is 37.5 Å². The molecule has 0 saturated heterocycles. The Balaban J connectivity index is -0.000000322. The standard InChI is InChI=1S/C9H16O.C7H13NO.C6H10O2/c1-7(2)6-8(10)9(3,4)5;1-6(2)5-7(9)8(3)4;1-5(2)4-6(7)8-3/h6H,1-5H3;5H,1-4H3;4H,1-3H3. The summed E-state index contributed by atoms with van der Waals surface area (Å²) < 4.78 is 4.35. The van der Waals surface area contributed by atoms with Crippen molar-refractivity contribution >= 4 is 17.7 Å². The van der Waals surface area contributed by atoms with Gasteiger partial charge in [0.2, 0.25) is 5.91 Å². The van der Waals surface area contributed by atoms with Crippen molar-refractivity contribution in [3.05, 3.63) is 34.9 Å². The number of rotatable bonds is 3. The summed E-state index contributed by atoms with van der Waals surface area (Å²) in [5.41, 5.74) is 2.84. The molecule has 0 heterocycles. The van der Waals surface area contributed by atoms with E-state index in [0.29, 0.717) is 0 Å². The summed E-state index contributed by atoms with van der Waals surface area (Å²) in [7, 11) is 4.84. The van der Waals surface area contributed by atoms with Gasteiger partial charge in [0.15, 0.2) is 5.78 Å². The lowest BCUT2D eigenvalue weighted by Gasteiger charge is -2.13. The van der Waals surface area contributed by atoms with E-state index in [-0.39, 0.29) is 23.1 Å². The molecule has 0 spiro atoms. The number of allylic oxidation sites excluding steroid dienone is 4. The van der Waals surface area contributed by atoms with Crippen molar-refractivity contribution in [3.63, 3.8) is 0 Å². The summed E-state index contributed by atoms with van der Waals surface area (Å²) in [5, 5.41) is 0. The molecular formula is C22H39NO4. The van der Waals surface area contributed by atoms with E-state index in [1.54, 1.807) is 31.1 Å². The molecule has 0 bridgehead atoms. The third kappa shape index (κ3) is 23.8. The molecule has 0 aromatic carbocycles. The van der Waals surface area contributed by atoms with E-state index in [2.05, 4.69) is 4.74 Å². The van der Waals surface area contributed by atoms with Crippen LogP contribution in [0.15, 0.2) is 34.9 Å². The zero-order valence-corrected chi connectivity index (χ0v) is 19.3. The number of likely N-dealkylation sites (N-methyl/N-ethyl adjacent to an activating group) is 1. The van der Waals surface area contributed by atoms with Gasteiger partial charge in [-0.2, -0.15) is 0 Å². The number of hydrogen-bond donors (Lipinski definition) is 0. The number of ketones is 1. The molecule has 0 aromatic rings. The van der Waals surface area contributed by atoms with E-state index in [1.165, 1.54) is 13.2 Å². The molecule has 0 N–H and O–H groups in total. The third-order valence-electron chi connectivity index (χ3n) is 2.62. The fraction of sp³-hybridized carbons (Fsp3) is 0.591. The third-order valence-corrected chi connectivity index (χ3v) is 2.62. The average Bonchev–Trinajstić information content (AvgIpc) is 2.45. The van der Waals surface area contributed by atoms with Gasteiger partial charge in [0.25, 0.3) is 0 Å². The summed E-state index contributed by atoms with van der Waals surface area (Å²) in [4.78, 5) is 33.9. The molecule has 0 fully saturated rings. The quantitative estimate of drug-likeness (QED) is 0.523. The molecule has 0 aliphatic heterocycles. The Kier molecular flexibility index (Phi) is 16.4. The highest BCUT2D eigenvalue weighted by Crippen LogP contribution is 2.15. The molecule has 0 rings (SSSR count). The molecule has 5 heteroatoms. The SMILES string of the molecule is CC(C)=CC(=O)C(C)(C)C.CC(C)=CC(=O)N(C)C.COC(=O)C=C(C)C. The molecule has 0 unspecified atom stereocenters. The summed E-state index contributed by atoms with van der Waals surface area (Å²) >= 11 is 0. The highest BCUT2D eigenvalue weighted by molar-refractivity contribution is 5.94. The molecule has 0 aliphatic rings. The molecule has 0 radical (unpaired) electrons. The summed E-state index contributed by atoms with van der Waals surface area (Å²) in [5.74, 6) is -0.0347. The van der Waals surface area contributed by atoms with Crippen LogP contribution in [-0.2, 0) is 19.1 Å². The van der Waals surface area contributed by atoms with Crippen LogP contribution < -0.4 is 0 Å². The van der Waals surface area contributed by atoms with Crippen LogP contribution in [-0.4, -0.2) is 43.8 Å². The molecule has 5 nitrogen and oxygen atoms in total. The maximum Gasteiger partial charge on any atom is 0.330 e. The Labute approximate surface area is 166 Å². The van der Waals surface area contributed by atoms with Crippen LogP contribution in [0.1, 0.15) is 62.3 Å². The summed E-state index contributed by atoms with van der Waals surface area (Å²) in [6.07, 6.45) is 4.75. The Morgan fingerprint density at radius 2 is 1.11 bits per heavy atom. The average molecular weight is 382 g/mol. The minimum absolute atomic E-state index is 0.0509. The van der Waals surface area contributed by atoms with Crippen molar-refractivity contribution in [1.82, 2.24) is 4.90 Å². The summed E-state index contributed by atoms with van der Waals surface area (Å²) in [6, 6.07) is 0. The van der Waals surface area contributed by atoms with Gasteiger partial charge in [-0.15, -0.1) is 0 Å². The van der Waals surface area contributed by atoms with Gasteiger partial charge < -0.3 is 9.64 Å².